The van der Waals surface area contributed by atoms with Crippen LogP contribution in [0.25, 0.3) is 22.3 Å². The molecule has 0 fully saturated rings. The minimum Gasteiger partial charge on any atom is -0.478 e. The van der Waals surface area contributed by atoms with Gasteiger partial charge in [-0.15, -0.1) is 0 Å². The van der Waals surface area contributed by atoms with Gasteiger partial charge in [0.25, 0.3) is 0 Å². The fourth-order valence-corrected chi connectivity index (χ4v) is 4.17. The van der Waals surface area contributed by atoms with Crippen LogP contribution in [-0.4, -0.2) is 21.0 Å². The van der Waals surface area contributed by atoms with Crippen LogP contribution in [0.2, 0.25) is 0 Å². The molecule has 2 N–H and O–H groups in total. The van der Waals surface area contributed by atoms with Gasteiger partial charge >= 0.3 is 5.97 Å². The quantitative estimate of drug-likeness (QED) is 0.343. The lowest BCUT2D eigenvalue weighted by Gasteiger charge is -2.20. The minimum atomic E-state index is -1.01. The molecule has 0 spiro atoms. The van der Waals surface area contributed by atoms with Crippen LogP contribution in [0.5, 0.6) is 0 Å². The summed E-state index contributed by atoms with van der Waals surface area (Å²) in [6.07, 6.45) is 0. The van der Waals surface area contributed by atoms with Crippen molar-refractivity contribution in [2.24, 2.45) is 0 Å². The molecule has 7 nitrogen and oxygen atoms in total. The van der Waals surface area contributed by atoms with E-state index in [1.54, 1.807) is 24.3 Å². The fraction of sp³-hybridized carbons (Fsp3) is 0.207. The molecule has 3 aromatic carbocycles. The third-order valence-electron chi connectivity index (χ3n) is 6.18. The van der Waals surface area contributed by atoms with Crippen LogP contribution in [0, 0.1) is 29.6 Å². The molecule has 178 valence electrons. The number of aromatic carboxylic acids is 1. The molecule has 0 bridgehead atoms. The molecule has 0 unspecified atom stereocenters. The molecule has 0 saturated heterocycles. The number of carboxylic acid groups (broad SMARTS) is 1. The molecule has 1 aromatic heterocycles. The Balaban J connectivity index is 1.88. The van der Waals surface area contributed by atoms with Crippen LogP contribution in [0.3, 0.4) is 0 Å². The molecule has 1 heterocycles. The second-order valence-electron chi connectivity index (χ2n) is 9.29. The van der Waals surface area contributed by atoms with Crippen molar-refractivity contribution in [2.45, 2.75) is 39.2 Å². The number of rotatable bonds is 6. The number of hydrogen-bond acceptors (Lipinski definition) is 6. The van der Waals surface area contributed by atoms with E-state index in [-0.39, 0.29) is 17.3 Å². The van der Waals surface area contributed by atoms with Crippen LogP contribution in [-0.2, 0) is 5.41 Å². The SMILES string of the molecule is Cc1cc([C@@H](C)Nc2ccccc2C(=O)O)c2nc(-c3cccc(C(C)(C)C#N)c3)c(C#N)nc2c1. The Hall–Kier alpha value is -4.75. The van der Waals surface area contributed by atoms with Crippen LogP contribution >= 0.6 is 0 Å². The summed E-state index contributed by atoms with van der Waals surface area (Å²) in [5.41, 5.74) is 5.10. The summed E-state index contributed by atoms with van der Waals surface area (Å²) in [7, 11) is 0. The zero-order valence-corrected chi connectivity index (χ0v) is 20.5. The highest BCUT2D eigenvalue weighted by atomic mass is 16.4. The maximum absolute atomic E-state index is 11.7. The smallest absolute Gasteiger partial charge is 0.337 e. The summed E-state index contributed by atoms with van der Waals surface area (Å²) in [5, 5.41) is 32.3. The van der Waals surface area contributed by atoms with E-state index in [1.165, 1.54) is 0 Å². The van der Waals surface area contributed by atoms with Gasteiger partial charge in [-0.25, -0.2) is 14.8 Å². The Morgan fingerprint density at radius 2 is 1.81 bits per heavy atom. The van der Waals surface area contributed by atoms with Crippen molar-refractivity contribution in [3.63, 3.8) is 0 Å². The lowest BCUT2D eigenvalue weighted by molar-refractivity contribution is 0.0698. The predicted molar refractivity (Wildman–Crippen MR) is 139 cm³/mol. The minimum absolute atomic E-state index is 0.178. The van der Waals surface area contributed by atoms with Gasteiger partial charge < -0.3 is 10.4 Å². The van der Waals surface area contributed by atoms with E-state index in [4.69, 9.17) is 4.98 Å². The van der Waals surface area contributed by atoms with E-state index in [1.807, 2.05) is 64.1 Å². The molecule has 0 aliphatic rings. The van der Waals surface area contributed by atoms with Crippen molar-refractivity contribution in [1.82, 2.24) is 9.97 Å². The number of carbonyl (C=O) groups is 1. The van der Waals surface area contributed by atoms with Crippen molar-refractivity contribution < 1.29 is 9.90 Å². The van der Waals surface area contributed by atoms with Crippen molar-refractivity contribution in [3.8, 4) is 23.4 Å². The first-order valence-electron chi connectivity index (χ1n) is 11.5. The van der Waals surface area contributed by atoms with E-state index < -0.39 is 11.4 Å². The summed E-state index contributed by atoms with van der Waals surface area (Å²) in [4.78, 5) is 21.2. The maximum atomic E-state index is 11.7. The number of anilines is 1. The van der Waals surface area contributed by atoms with E-state index in [0.717, 1.165) is 16.7 Å². The van der Waals surface area contributed by atoms with E-state index in [0.29, 0.717) is 28.0 Å². The van der Waals surface area contributed by atoms with Gasteiger partial charge in [-0.2, -0.15) is 10.5 Å². The average molecular weight is 476 g/mol. The molecule has 36 heavy (non-hydrogen) atoms. The summed E-state index contributed by atoms with van der Waals surface area (Å²) < 4.78 is 0. The third kappa shape index (κ3) is 4.60. The molecule has 0 amide bonds. The summed E-state index contributed by atoms with van der Waals surface area (Å²) in [6.45, 7) is 7.55. The summed E-state index contributed by atoms with van der Waals surface area (Å²) >= 11 is 0. The number of aromatic nitrogens is 2. The lowest BCUT2D eigenvalue weighted by atomic mass is 9.85. The van der Waals surface area contributed by atoms with Gasteiger partial charge in [-0.3, -0.25) is 0 Å². The topological polar surface area (TPSA) is 123 Å². The lowest BCUT2D eigenvalue weighted by Crippen LogP contribution is -2.14. The standard InChI is InChI=1S/C29H25N5O2/c1-17-12-22(18(2)32-23-11-6-5-10-21(23)28(35)36)27-24(13-17)33-25(15-30)26(34-27)19-8-7-9-20(14-19)29(3,4)16-31/h5-14,18,32H,1-4H3,(H,35,36)/t18-/m1/s1. The molecule has 0 aliphatic carbocycles. The Labute approximate surface area is 209 Å². The Morgan fingerprint density at radius 3 is 2.50 bits per heavy atom. The molecule has 4 aromatic rings. The second kappa shape index (κ2) is 9.48. The highest BCUT2D eigenvalue weighted by molar-refractivity contribution is 5.94. The number of carboxylic acids is 1. The summed E-state index contributed by atoms with van der Waals surface area (Å²) in [5.74, 6) is -1.01. The Morgan fingerprint density at radius 1 is 1.06 bits per heavy atom. The molecular weight excluding hydrogens is 450 g/mol. The van der Waals surface area contributed by atoms with Crippen LogP contribution in [0.4, 0.5) is 5.69 Å². The normalized spacial score (nSPS) is 11.9. The number of fused-ring (bicyclic) bond motifs is 1. The number of aryl methyl sites for hydroxylation is 1. The second-order valence-corrected chi connectivity index (χ2v) is 9.29. The first-order valence-corrected chi connectivity index (χ1v) is 11.5. The number of benzene rings is 3. The van der Waals surface area contributed by atoms with Crippen molar-refractivity contribution in [1.29, 1.82) is 10.5 Å². The van der Waals surface area contributed by atoms with Gasteiger partial charge in [-0.05, 0) is 63.1 Å². The van der Waals surface area contributed by atoms with E-state index in [2.05, 4.69) is 22.4 Å². The first-order chi connectivity index (χ1) is 17.1. The van der Waals surface area contributed by atoms with Crippen LogP contribution in [0.1, 0.15) is 59.6 Å². The summed E-state index contributed by atoms with van der Waals surface area (Å²) in [6, 6.07) is 22.2. The van der Waals surface area contributed by atoms with Gasteiger partial charge in [0.15, 0.2) is 5.69 Å². The zero-order valence-electron chi connectivity index (χ0n) is 20.5. The van der Waals surface area contributed by atoms with Crippen molar-refractivity contribution >= 4 is 22.7 Å². The fourth-order valence-electron chi connectivity index (χ4n) is 4.17. The average Bonchev–Trinajstić information content (AvgIpc) is 2.87. The molecular formula is C29H25N5O2. The number of nitrogens with zero attached hydrogens (tertiary/aromatic N) is 4. The monoisotopic (exact) mass is 475 g/mol. The molecule has 7 heteroatoms. The highest BCUT2D eigenvalue weighted by Gasteiger charge is 2.22. The molecule has 1 atom stereocenters. The predicted octanol–water partition coefficient (Wildman–Crippen LogP) is 6.15. The van der Waals surface area contributed by atoms with Crippen molar-refractivity contribution in [3.05, 3.63) is 88.6 Å². The van der Waals surface area contributed by atoms with Gasteiger partial charge in [0, 0.05) is 16.8 Å². The van der Waals surface area contributed by atoms with Gasteiger partial charge in [0.2, 0.25) is 0 Å². The first kappa shape index (κ1) is 24.4. The van der Waals surface area contributed by atoms with Crippen LogP contribution in [0.15, 0.2) is 60.7 Å². The zero-order chi connectivity index (χ0) is 26.0. The number of hydrogen-bond donors (Lipinski definition) is 2. The van der Waals surface area contributed by atoms with Crippen molar-refractivity contribution in [2.75, 3.05) is 5.32 Å². The number of nitriles is 2. The molecule has 0 radical (unpaired) electrons. The Bertz CT molecular complexity index is 1580. The van der Waals surface area contributed by atoms with Gasteiger partial charge in [-0.1, -0.05) is 36.4 Å². The maximum Gasteiger partial charge on any atom is 0.337 e. The van der Waals surface area contributed by atoms with Gasteiger partial charge in [0.1, 0.15) is 11.8 Å². The molecule has 4 rings (SSSR count). The van der Waals surface area contributed by atoms with Gasteiger partial charge in [0.05, 0.1) is 34.1 Å². The molecule has 0 aliphatic heterocycles. The Kier molecular flexibility index (Phi) is 6.42. The van der Waals surface area contributed by atoms with E-state index in [9.17, 15) is 20.4 Å². The van der Waals surface area contributed by atoms with Crippen LogP contribution < -0.4 is 5.32 Å². The number of nitrogens with one attached hydrogen (secondary N) is 1. The van der Waals surface area contributed by atoms with E-state index >= 15 is 0 Å². The highest BCUT2D eigenvalue weighted by Crippen LogP contribution is 2.32. The third-order valence-corrected chi connectivity index (χ3v) is 6.18. The largest absolute Gasteiger partial charge is 0.478 e. The molecule has 0 saturated carbocycles. The number of para-hydroxylation sites is 1.